The molecule has 0 spiro atoms. The second-order valence-electron chi connectivity index (χ2n) is 4.44. The predicted octanol–water partition coefficient (Wildman–Crippen LogP) is 1.54. The lowest BCUT2D eigenvalue weighted by Crippen LogP contribution is -2.29. The molecular formula is C12H23N3O2S2. The van der Waals surface area contributed by atoms with Crippen LogP contribution in [0.5, 0.6) is 0 Å². The average molecular weight is 305 g/mol. The van der Waals surface area contributed by atoms with Crippen LogP contribution in [0.1, 0.15) is 26.0 Å². The van der Waals surface area contributed by atoms with Crippen molar-refractivity contribution >= 4 is 21.8 Å². The Bertz CT molecular complexity index is 471. The Hall–Kier alpha value is -0.500. The Balaban J connectivity index is 2.58. The summed E-state index contributed by atoms with van der Waals surface area (Å²) in [5.74, 6) is 0. The highest BCUT2D eigenvalue weighted by Gasteiger charge is 2.16. The van der Waals surface area contributed by atoms with E-state index in [1.54, 1.807) is 17.8 Å². The first kappa shape index (κ1) is 16.6. The van der Waals surface area contributed by atoms with Crippen LogP contribution in [0.3, 0.4) is 0 Å². The molecule has 1 heterocycles. The Kier molecular flexibility index (Phi) is 6.92. The molecule has 1 aromatic heterocycles. The largest absolute Gasteiger partial charge is 0.363 e. The third kappa shape index (κ3) is 5.56. The van der Waals surface area contributed by atoms with Gasteiger partial charge < -0.3 is 10.3 Å². The number of H-pyrrole nitrogens is 1. The molecule has 0 aliphatic heterocycles. The number of rotatable bonds is 9. The first-order chi connectivity index (χ1) is 8.99. The summed E-state index contributed by atoms with van der Waals surface area (Å²) in [5.41, 5.74) is 0.881. The fourth-order valence-electron chi connectivity index (χ4n) is 1.47. The van der Waals surface area contributed by atoms with E-state index in [1.807, 2.05) is 13.2 Å². The van der Waals surface area contributed by atoms with Gasteiger partial charge in [-0.2, -0.15) is 11.8 Å². The zero-order valence-electron chi connectivity index (χ0n) is 11.7. The maximum atomic E-state index is 12.0. The van der Waals surface area contributed by atoms with Gasteiger partial charge in [0.2, 0.25) is 10.0 Å². The second kappa shape index (κ2) is 7.94. The fourth-order valence-corrected chi connectivity index (χ4v) is 2.97. The standard InChI is InChI=1S/C12H23N3O2S2/c1-4-5-13-8-11-6-12(9-14-11)19(16,17)15-7-10(2)18-3/h6,9-10,13-15H,4-5,7-8H2,1-3H3. The van der Waals surface area contributed by atoms with Crippen LogP contribution in [0.25, 0.3) is 0 Å². The minimum atomic E-state index is -3.40. The first-order valence-electron chi connectivity index (χ1n) is 6.40. The lowest BCUT2D eigenvalue weighted by atomic mass is 10.4. The highest BCUT2D eigenvalue weighted by Crippen LogP contribution is 2.11. The molecule has 1 unspecified atom stereocenters. The normalized spacial score (nSPS) is 13.6. The molecule has 1 atom stereocenters. The van der Waals surface area contributed by atoms with Gasteiger partial charge in [0.1, 0.15) is 0 Å². The summed E-state index contributed by atoms with van der Waals surface area (Å²) in [6.45, 7) is 6.10. The van der Waals surface area contributed by atoms with Crippen LogP contribution in [0, 0.1) is 0 Å². The van der Waals surface area contributed by atoms with Crippen LogP contribution >= 0.6 is 11.8 Å². The van der Waals surface area contributed by atoms with Gasteiger partial charge >= 0.3 is 0 Å². The Morgan fingerprint density at radius 3 is 2.84 bits per heavy atom. The summed E-state index contributed by atoms with van der Waals surface area (Å²) in [7, 11) is -3.40. The zero-order chi connectivity index (χ0) is 14.3. The molecule has 110 valence electrons. The summed E-state index contributed by atoms with van der Waals surface area (Å²) >= 11 is 1.63. The van der Waals surface area contributed by atoms with Crippen molar-refractivity contribution in [3.05, 3.63) is 18.0 Å². The van der Waals surface area contributed by atoms with E-state index >= 15 is 0 Å². The highest BCUT2D eigenvalue weighted by molar-refractivity contribution is 7.99. The minimum absolute atomic E-state index is 0.263. The molecule has 1 rings (SSSR count). The van der Waals surface area contributed by atoms with Crippen molar-refractivity contribution in [2.45, 2.75) is 37.0 Å². The van der Waals surface area contributed by atoms with E-state index in [-0.39, 0.29) is 5.25 Å². The van der Waals surface area contributed by atoms with E-state index in [2.05, 4.69) is 21.9 Å². The van der Waals surface area contributed by atoms with Crippen molar-refractivity contribution in [3.8, 4) is 0 Å². The van der Waals surface area contributed by atoms with Gasteiger partial charge in [0.05, 0.1) is 4.90 Å². The highest BCUT2D eigenvalue weighted by atomic mass is 32.2. The summed E-state index contributed by atoms with van der Waals surface area (Å²) in [4.78, 5) is 3.29. The maximum absolute atomic E-state index is 12.0. The zero-order valence-corrected chi connectivity index (χ0v) is 13.3. The molecule has 0 saturated carbocycles. The topological polar surface area (TPSA) is 74.0 Å². The van der Waals surface area contributed by atoms with Gasteiger partial charge in [0, 0.05) is 30.2 Å². The molecule has 19 heavy (non-hydrogen) atoms. The summed E-state index contributed by atoms with van der Waals surface area (Å²) in [6, 6.07) is 1.68. The number of thioether (sulfide) groups is 1. The molecule has 1 aromatic rings. The molecule has 3 N–H and O–H groups in total. The van der Waals surface area contributed by atoms with E-state index in [4.69, 9.17) is 0 Å². The monoisotopic (exact) mass is 305 g/mol. The van der Waals surface area contributed by atoms with Crippen LogP contribution < -0.4 is 10.0 Å². The molecule has 0 aliphatic carbocycles. The smallest absolute Gasteiger partial charge is 0.242 e. The summed E-state index contributed by atoms with van der Waals surface area (Å²) < 4.78 is 26.7. The van der Waals surface area contributed by atoms with Crippen LogP contribution in [-0.4, -0.2) is 38.0 Å². The molecule has 0 amide bonds. The van der Waals surface area contributed by atoms with Crippen LogP contribution in [0.4, 0.5) is 0 Å². The van der Waals surface area contributed by atoms with Gasteiger partial charge in [-0.05, 0) is 25.3 Å². The van der Waals surface area contributed by atoms with E-state index in [0.29, 0.717) is 18.0 Å². The number of aromatic amines is 1. The molecule has 0 aliphatic rings. The average Bonchev–Trinajstić information content (AvgIpc) is 2.86. The van der Waals surface area contributed by atoms with E-state index in [0.717, 1.165) is 18.7 Å². The van der Waals surface area contributed by atoms with Crippen molar-refractivity contribution in [3.63, 3.8) is 0 Å². The molecule has 0 aromatic carbocycles. The minimum Gasteiger partial charge on any atom is -0.363 e. The van der Waals surface area contributed by atoms with Gasteiger partial charge in [0.15, 0.2) is 0 Å². The van der Waals surface area contributed by atoms with E-state index < -0.39 is 10.0 Å². The Morgan fingerprint density at radius 2 is 2.21 bits per heavy atom. The molecule has 5 nitrogen and oxygen atoms in total. The SMILES string of the molecule is CCCNCc1cc(S(=O)(=O)NCC(C)SC)c[nH]1. The van der Waals surface area contributed by atoms with Gasteiger partial charge in [-0.15, -0.1) is 0 Å². The summed E-state index contributed by atoms with van der Waals surface area (Å²) in [6.07, 6.45) is 4.56. The number of hydrogen-bond donors (Lipinski definition) is 3. The van der Waals surface area contributed by atoms with Gasteiger partial charge in [0.25, 0.3) is 0 Å². The van der Waals surface area contributed by atoms with Gasteiger partial charge in [-0.25, -0.2) is 13.1 Å². The molecule has 0 saturated heterocycles. The Morgan fingerprint density at radius 1 is 1.47 bits per heavy atom. The van der Waals surface area contributed by atoms with E-state index in [1.165, 1.54) is 6.20 Å². The molecule has 0 bridgehead atoms. The Labute approximate surface area is 120 Å². The lowest BCUT2D eigenvalue weighted by molar-refractivity contribution is 0.581. The van der Waals surface area contributed by atoms with Gasteiger partial charge in [-0.3, -0.25) is 0 Å². The van der Waals surface area contributed by atoms with Crippen molar-refractivity contribution < 1.29 is 8.42 Å². The number of sulfonamides is 1. The first-order valence-corrected chi connectivity index (χ1v) is 9.17. The quantitative estimate of drug-likeness (QED) is 0.605. The number of hydrogen-bond acceptors (Lipinski definition) is 4. The van der Waals surface area contributed by atoms with Crippen molar-refractivity contribution in [2.24, 2.45) is 0 Å². The third-order valence-corrected chi connectivity index (χ3v) is 5.11. The number of aromatic nitrogens is 1. The third-order valence-electron chi connectivity index (χ3n) is 2.73. The van der Waals surface area contributed by atoms with Crippen LogP contribution in [0.2, 0.25) is 0 Å². The maximum Gasteiger partial charge on any atom is 0.242 e. The van der Waals surface area contributed by atoms with Crippen molar-refractivity contribution in [1.29, 1.82) is 0 Å². The van der Waals surface area contributed by atoms with Crippen molar-refractivity contribution in [1.82, 2.24) is 15.0 Å². The van der Waals surface area contributed by atoms with Crippen LogP contribution in [0.15, 0.2) is 17.2 Å². The predicted molar refractivity (Wildman–Crippen MR) is 81.0 cm³/mol. The molecule has 0 fully saturated rings. The molecular weight excluding hydrogens is 282 g/mol. The fraction of sp³-hybridized carbons (Fsp3) is 0.667. The van der Waals surface area contributed by atoms with E-state index in [9.17, 15) is 8.42 Å². The molecule has 0 radical (unpaired) electrons. The second-order valence-corrected chi connectivity index (χ2v) is 7.48. The summed E-state index contributed by atoms with van der Waals surface area (Å²) in [5, 5.41) is 3.49. The number of nitrogens with one attached hydrogen (secondary N) is 3. The lowest BCUT2D eigenvalue weighted by Gasteiger charge is -2.09. The van der Waals surface area contributed by atoms with Gasteiger partial charge in [-0.1, -0.05) is 13.8 Å². The van der Waals surface area contributed by atoms with Crippen LogP contribution in [-0.2, 0) is 16.6 Å². The van der Waals surface area contributed by atoms with Crippen molar-refractivity contribution in [2.75, 3.05) is 19.3 Å². The molecule has 7 heteroatoms.